The van der Waals surface area contributed by atoms with Gasteiger partial charge in [0.1, 0.15) is 11.5 Å². The van der Waals surface area contributed by atoms with Crippen LogP contribution in [-0.4, -0.2) is 16.9 Å². The van der Waals surface area contributed by atoms with E-state index < -0.39 is 5.97 Å². The van der Waals surface area contributed by atoms with E-state index in [2.05, 4.69) is 0 Å². The zero-order chi connectivity index (χ0) is 14.5. The first-order chi connectivity index (χ1) is 9.60. The Balaban J connectivity index is 2.16. The Labute approximate surface area is 116 Å². The van der Waals surface area contributed by atoms with Crippen LogP contribution in [-0.2, 0) is 0 Å². The third-order valence-corrected chi connectivity index (χ3v) is 2.81. The number of carboxylic acids is 1. The summed E-state index contributed by atoms with van der Waals surface area (Å²) in [5, 5.41) is 8.91. The van der Waals surface area contributed by atoms with E-state index in [-0.39, 0.29) is 11.3 Å². The summed E-state index contributed by atoms with van der Waals surface area (Å²) in [7, 11) is 0. The highest BCUT2D eigenvalue weighted by Gasteiger charge is 2.06. The standard InChI is InChI=1S/C16H14O4/c1-2-15(17)11-6-8-13(9-7-11)20-14-5-3-4-12(10-14)16(18)19/h3-10H,2H2,1H3,(H,18,19). The molecule has 0 unspecified atom stereocenters. The molecule has 0 amide bonds. The van der Waals surface area contributed by atoms with Gasteiger partial charge in [-0.15, -0.1) is 0 Å². The minimum absolute atomic E-state index is 0.0735. The summed E-state index contributed by atoms with van der Waals surface area (Å²) in [6, 6.07) is 13.0. The molecular formula is C16H14O4. The maximum atomic E-state index is 11.5. The highest BCUT2D eigenvalue weighted by molar-refractivity contribution is 5.95. The monoisotopic (exact) mass is 270 g/mol. The first kappa shape index (κ1) is 13.8. The van der Waals surface area contributed by atoms with Crippen LogP contribution in [0.4, 0.5) is 0 Å². The highest BCUT2D eigenvalue weighted by atomic mass is 16.5. The number of hydrogen-bond donors (Lipinski definition) is 1. The predicted molar refractivity (Wildman–Crippen MR) is 74.5 cm³/mol. The molecule has 2 rings (SSSR count). The quantitative estimate of drug-likeness (QED) is 0.840. The molecule has 2 aromatic carbocycles. The van der Waals surface area contributed by atoms with Crippen LogP contribution in [0, 0.1) is 0 Å². The second kappa shape index (κ2) is 6.02. The Hall–Kier alpha value is -2.62. The molecule has 0 atom stereocenters. The van der Waals surface area contributed by atoms with Gasteiger partial charge < -0.3 is 9.84 Å². The lowest BCUT2D eigenvalue weighted by Gasteiger charge is -2.07. The molecule has 0 saturated carbocycles. The number of carboxylic acid groups (broad SMARTS) is 1. The SMILES string of the molecule is CCC(=O)c1ccc(Oc2cccc(C(=O)O)c2)cc1. The number of carbonyl (C=O) groups is 2. The summed E-state index contributed by atoms with van der Waals surface area (Å²) in [4.78, 5) is 22.4. The van der Waals surface area contributed by atoms with Crippen LogP contribution in [0.15, 0.2) is 48.5 Å². The normalized spacial score (nSPS) is 10.1. The zero-order valence-corrected chi connectivity index (χ0v) is 11.0. The van der Waals surface area contributed by atoms with Gasteiger partial charge in [-0.05, 0) is 42.5 Å². The van der Waals surface area contributed by atoms with Crippen molar-refractivity contribution < 1.29 is 19.4 Å². The molecule has 0 heterocycles. The Morgan fingerprint density at radius 3 is 2.30 bits per heavy atom. The maximum Gasteiger partial charge on any atom is 0.335 e. The van der Waals surface area contributed by atoms with E-state index >= 15 is 0 Å². The number of aromatic carboxylic acids is 1. The Morgan fingerprint density at radius 2 is 1.70 bits per heavy atom. The smallest absolute Gasteiger partial charge is 0.335 e. The van der Waals surface area contributed by atoms with Crippen molar-refractivity contribution in [1.29, 1.82) is 0 Å². The third kappa shape index (κ3) is 3.23. The van der Waals surface area contributed by atoms with Crippen molar-refractivity contribution in [3.63, 3.8) is 0 Å². The lowest BCUT2D eigenvalue weighted by atomic mass is 10.1. The molecule has 20 heavy (non-hydrogen) atoms. The number of Topliss-reactive ketones (excluding diaryl/α,β-unsaturated/α-hetero) is 1. The number of ether oxygens (including phenoxy) is 1. The second-order valence-electron chi connectivity index (χ2n) is 4.24. The van der Waals surface area contributed by atoms with Gasteiger partial charge in [-0.1, -0.05) is 13.0 Å². The van der Waals surface area contributed by atoms with E-state index in [1.807, 2.05) is 6.92 Å². The van der Waals surface area contributed by atoms with Crippen molar-refractivity contribution in [2.45, 2.75) is 13.3 Å². The average Bonchev–Trinajstić information content (AvgIpc) is 2.47. The third-order valence-electron chi connectivity index (χ3n) is 2.81. The summed E-state index contributed by atoms with van der Waals surface area (Å²) < 4.78 is 5.56. The van der Waals surface area contributed by atoms with Crippen molar-refractivity contribution in [1.82, 2.24) is 0 Å². The summed E-state index contributed by atoms with van der Waals surface area (Å²) in [5.74, 6) is 0.0726. The van der Waals surface area contributed by atoms with Crippen LogP contribution >= 0.6 is 0 Å². The van der Waals surface area contributed by atoms with Gasteiger partial charge >= 0.3 is 5.97 Å². The van der Waals surface area contributed by atoms with Crippen molar-refractivity contribution in [2.24, 2.45) is 0 Å². The summed E-state index contributed by atoms with van der Waals surface area (Å²) in [6.45, 7) is 1.81. The van der Waals surface area contributed by atoms with Gasteiger partial charge in [-0.25, -0.2) is 4.79 Å². The van der Waals surface area contributed by atoms with Crippen LogP contribution in [0.1, 0.15) is 34.1 Å². The van der Waals surface area contributed by atoms with Crippen LogP contribution in [0.5, 0.6) is 11.5 Å². The summed E-state index contributed by atoms with van der Waals surface area (Å²) in [5.41, 5.74) is 0.805. The molecule has 0 radical (unpaired) electrons. The van der Waals surface area contributed by atoms with Gasteiger partial charge in [-0.3, -0.25) is 4.79 Å². The van der Waals surface area contributed by atoms with Crippen LogP contribution in [0.2, 0.25) is 0 Å². The molecule has 0 fully saturated rings. The number of hydrogen-bond acceptors (Lipinski definition) is 3. The van der Waals surface area contributed by atoms with Crippen LogP contribution < -0.4 is 4.74 Å². The van der Waals surface area contributed by atoms with Crippen LogP contribution in [0.25, 0.3) is 0 Å². The average molecular weight is 270 g/mol. The van der Waals surface area contributed by atoms with Gasteiger partial charge in [0, 0.05) is 12.0 Å². The minimum atomic E-state index is -1.00. The minimum Gasteiger partial charge on any atom is -0.478 e. The Kier molecular flexibility index (Phi) is 4.15. The van der Waals surface area contributed by atoms with E-state index in [4.69, 9.17) is 9.84 Å². The van der Waals surface area contributed by atoms with Crippen molar-refractivity contribution in [3.8, 4) is 11.5 Å². The fourth-order valence-electron chi connectivity index (χ4n) is 1.74. The first-order valence-electron chi connectivity index (χ1n) is 6.24. The Morgan fingerprint density at radius 1 is 1.00 bits per heavy atom. The lowest BCUT2D eigenvalue weighted by Crippen LogP contribution is -1.97. The molecule has 0 aliphatic carbocycles. The summed E-state index contributed by atoms with van der Waals surface area (Å²) >= 11 is 0. The van der Waals surface area contributed by atoms with Gasteiger partial charge in [-0.2, -0.15) is 0 Å². The van der Waals surface area contributed by atoms with Gasteiger partial charge in [0.15, 0.2) is 5.78 Å². The molecule has 0 saturated heterocycles. The van der Waals surface area contributed by atoms with Crippen molar-refractivity contribution in [3.05, 3.63) is 59.7 Å². The molecule has 0 aromatic heterocycles. The van der Waals surface area contributed by atoms with Crippen molar-refractivity contribution >= 4 is 11.8 Å². The van der Waals surface area contributed by atoms with Gasteiger partial charge in [0.05, 0.1) is 5.56 Å². The molecule has 102 valence electrons. The van der Waals surface area contributed by atoms with E-state index in [0.29, 0.717) is 23.5 Å². The number of ketones is 1. The fourth-order valence-corrected chi connectivity index (χ4v) is 1.74. The number of rotatable bonds is 5. The molecule has 0 spiro atoms. The second-order valence-corrected chi connectivity index (χ2v) is 4.24. The lowest BCUT2D eigenvalue weighted by molar-refractivity contribution is 0.0696. The van der Waals surface area contributed by atoms with E-state index in [9.17, 15) is 9.59 Å². The van der Waals surface area contributed by atoms with E-state index in [0.717, 1.165) is 0 Å². The molecule has 2 aromatic rings. The van der Waals surface area contributed by atoms with Gasteiger partial charge in [0.2, 0.25) is 0 Å². The molecule has 1 N–H and O–H groups in total. The largest absolute Gasteiger partial charge is 0.478 e. The molecule has 0 bridgehead atoms. The predicted octanol–water partition coefficient (Wildman–Crippen LogP) is 3.77. The van der Waals surface area contributed by atoms with Crippen LogP contribution in [0.3, 0.4) is 0 Å². The first-order valence-corrected chi connectivity index (χ1v) is 6.24. The number of carbonyl (C=O) groups excluding carboxylic acids is 1. The molecule has 0 aliphatic rings. The topological polar surface area (TPSA) is 63.6 Å². The number of benzene rings is 2. The Bertz CT molecular complexity index is 629. The fraction of sp³-hybridized carbons (Fsp3) is 0.125. The van der Waals surface area contributed by atoms with E-state index in [1.165, 1.54) is 12.1 Å². The zero-order valence-electron chi connectivity index (χ0n) is 11.0. The summed E-state index contributed by atoms with van der Waals surface area (Å²) in [6.07, 6.45) is 0.459. The maximum absolute atomic E-state index is 11.5. The highest BCUT2D eigenvalue weighted by Crippen LogP contribution is 2.23. The van der Waals surface area contributed by atoms with Gasteiger partial charge in [0.25, 0.3) is 0 Å². The molecule has 4 nitrogen and oxygen atoms in total. The van der Waals surface area contributed by atoms with Crippen molar-refractivity contribution in [2.75, 3.05) is 0 Å². The molecule has 0 aliphatic heterocycles. The van der Waals surface area contributed by atoms with E-state index in [1.54, 1.807) is 36.4 Å². The molecule has 4 heteroatoms. The molecular weight excluding hydrogens is 256 g/mol.